The second-order valence-electron chi connectivity index (χ2n) is 3.96. The lowest BCUT2D eigenvalue weighted by Gasteiger charge is -2.01. The van der Waals surface area contributed by atoms with Crippen molar-refractivity contribution in [2.24, 2.45) is 0 Å². The van der Waals surface area contributed by atoms with Gasteiger partial charge < -0.3 is 10.2 Å². The van der Waals surface area contributed by atoms with Crippen LogP contribution in [0.5, 0.6) is 11.5 Å². The van der Waals surface area contributed by atoms with Crippen LogP contribution >= 0.6 is 23.3 Å². The lowest BCUT2D eigenvalue weighted by Crippen LogP contribution is -2.13. The summed E-state index contributed by atoms with van der Waals surface area (Å²) in [5.74, 6) is -1.24. The Hall–Kier alpha value is -2.57. The minimum absolute atomic E-state index is 0.161. The number of hydrogen-bond acceptors (Lipinski definition) is 8. The molecule has 1 aromatic heterocycles. The Bertz CT molecular complexity index is 780. The molecular weight excluding hydrogens is 324 g/mol. The molecule has 1 heterocycles. The highest BCUT2D eigenvalue weighted by atomic mass is 32.2. The highest BCUT2D eigenvalue weighted by Gasteiger charge is 2.13. The summed E-state index contributed by atoms with van der Waals surface area (Å²) in [4.78, 5) is 16.1. The second kappa shape index (κ2) is 6.93. The zero-order valence-electron chi connectivity index (χ0n) is 11.3. The van der Waals surface area contributed by atoms with Gasteiger partial charge >= 0.3 is 0 Å². The van der Waals surface area contributed by atoms with Gasteiger partial charge in [0, 0.05) is 11.5 Å². The molecule has 9 heteroatoms. The predicted octanol–water partition coefficient (Wildman–Crippen LogP) is 2.22. The molecule has 0 radical (unpaired) electrons. The number of carbonyl (C=O) groups is 1. The van der Waals surface area contributed by atoms with Crippen LogP contribution in [0.1, 0.15) is 5.56 Å². The molecule has 0 fully saturated rings. The second-order valence-corrected chi connectivity index (χ2v) is 5.48. The van der Waals surface area contributed by atoms with Gasteiger partial charge in [-0.15, -0.1) is 0 Å². The topological polar surface area (TPSA) is 119 Å². The van der Waals surface area contributed by atoms with Crippen molar-refractivity contribution in [2.45, 2.75) is 5.16 Å². The number of phenolic OH excluding ortho intramolecular Hbond substituents is 2. The smallest absolute Gasteiger partial charge is 0.268 e. The maximum absolute atomic E-state index is 12.0. The number of nitriles is 1. The number of benzene rings is 1. The fourth-order valence-electron chi connectivity index (χ4n) is 1.45. The van der Waals surface area contributed by atoms with Crippen molar-refractivity contribution >= 4 is 40.4 Å². The third-order valence-corrected chi connectivity index (χ3v) is 3.78. The molecule has 1 amide bonds. The molecule has 3 N–H and O–H groups in total. The molecule has 0 aliphatic carbocycles. The summed E-state index contributed by atoms with van der Waals surface area (Å²) in [6.45, 7) is 0. The molecule has 0 bridgehead atoms. The summed E-state index contributed by atoms with van der Waals surface area (Å²) in [7, 11) is 0. The van der Waals surface area contributed by atoms with E-state index in [4.69, 9.17) is 5.26 Å². The van der Waals surface area contributed by atoms with Crippen molar-refractivity contribution in [2.75, 3.05) is 11.6 Å². The van der Waals surface area contributed by atoms with E-state index < -0.39 is 5.91 Å². The molecule has 0 atom stereocenters. The number of hydrogen-bond donors (Lipinski definition) is 3. The van der Waals surface area contributed by atoms with E-state index in [0.717, 1.165) is 11.5 Å². The Balaban J connectivity index is 2.19. The molecule has 0 saturated carbocycles. The number of rotatable bonds is 4. The fourth-order valence-corrected chi connectivity index (χ4v) is 2.57. The predicted molar refractivity (Wildman–Crippen MR) is 83.7 cm³/mol. The maximum atomic E-state index is 12.0. The summed E-state index contributed by atoms with van der Waals surface area (Å²) in [5, 5.41) is 31.0. The van der Waals surface area contributed by atoms with E-state index in [1.165, 1.54) is 36.0 Å². The van der Waals surface area contributed by atoms with Gasteiger partial charge in [-0.05, 0) is 30.0 Å². The molecule has 7 nitrogen and oxygen atoms in total. The van der Waals surface area contributed by atoms with Crippen molar-refractivity contribution in [3.8, 4) is 17.6 Å². The molecule has 2 aromatic rings. The molecule has 0 spiro atoms. The first-order valence-corrected chi connectivity index (χ1v) is 7.86. The van der Waals surface area contributed by atoms with E-state index in [2.05, 4.69) is 14.7 Å². The van der Waals surface area contributed by atoms with Crippen molar-refractivity contribution in [3.05, 3.63) is 29.3 Å². The standard InChI is InChI=1S/C13H10N4O3S2/c1-21-13-16-12(22-17-13)15-11(20)8(6-14)4-7-2-3-9(18)10(19)5-7/h2-5,18-19H,1H3,(H,15,16,17,20)/b8-4-. The number of amides is 1. The van der Waals surface area contributed by atoms with Gasteiger partial charge in [0.1, 0.15) is 11.6 Å². The molecule has 2 rings (SSSR count). The monoisotopic (exact) mass is 334 g/mol. The summed E-state index contributed by atoms with van der Waals surface area (Å²) >= 11 is 2.36. The van der Waals surface area contributed by atoms with Crippen LogP contribution in [0.3, 0.4) is 0 Å². The third kappa shape index (κ3) is 3.75. The number of aromatic nitrogens is 2. The van der Waals surface area contributed by atoms with Crippen molar-refractivity contribution < 1.29 is 15.0 Å². The van der Waals surface area contributed by atoms with Gasteiger partial charge in [0.05, 0.1) is 0 Å². The van der Waals surface area contributed by atoms with Crippen LogP contribution in [-0.4, -0.2) is 31.7 Å². The van der Waals surface area contributed by atoms with Gasteiger partial charge in [-0.3, -0.25) is 10.1 Å². The summed E-state index contributed by atoms with van der Waals surface area (Å²) in [6.07, 6.45) is 3.11. The first-order valence-electron chi connectivity index (χ1n) is 5.86. The van der Waals surface area contributed by atoms with Crippen LogP contribution in [0.2, 0.25) is 0 Å². The molecule has 112 valence electrons. The highest BCUT2D eigenvalue weighted by molar-refractivity contribution is 7.98. The first kappa shape index (κ1) is 15.8. The zero-order valence-corrected chi connectivity index (χ0v) is 12.9. The molecule has 0 saturated heterocycles. The normalized spacial score (nSPS) is 11.0. The van der Waals surface area contributed by atoms with Gasteiger partial charge in [0.25, 0.3) is 5.91 Å². The number of anilines is 1. The van der Waals surface area contributed by atoms with E-state index in [1.807, 2.05) is 6.26 Å². The number of nitrogens with zero attached hydrogens (tertiary/aromatic N) is 3. The fraction of sp³-hybridized carbons (Fsp3) is 0.0769. The van der Waals surface area contributed by atoms with Crippen LogP contribution in [-0.2, 0) is 4.79 Å². The van der Waals surface area contributed by atoms with E-state index in [9.17, 15) is 15.0 Å². The molecular formula is C13H10N4O3S2. The minimum atomic E-state index is -0.626. The molecule has 0 aliphatic rings. The third-order valence-electron chi connectivity index (χ3n) is 2.49. The number of nitrogens with one attached hydrogen (secondary N) is 1. The number of thioether (sulfide) groups is 1. The lowest BCUT2D eigenvalue weighted by molar-refractivity contribution is -0.112. The molecule has 0 unspecified atom stereocenters. The first-order chi connectivity index (χ1) is 10.5. The van der Waals surface area contributed by atoms with Crippen molar-refractivity contribution in [1.29, 1.82) is 5.26 Å². The Kier molecular flexibility index (Phi) is 4.98. The van der Waals surface area contributed by atoms with Crippen LogP contribution in [0.15, 0.2) is 28.9 Å². The van der Waals surface area contributed by atoms with Crippen molar-refractivity contribution in [1.82, 2.24) is 9.36 Å². The Morgan fingerprint density at radius 1 is 1.45 bits per heavy atom. The molecule has 1 aromatic carbocycles. The minimum Gasteiger partial charge on any atom is -0.504 e. The number of aromatic hydroxyl groups is 2. The van der Waals surface area contributed by atoms with E-state index in [-0.39, 0.29) is 17.1 Å². The molecule has 0 aliphatic heterocycles. The van der Waals surface area contributed by atoms with E-state index in [1.54, 1.807) is 6.07 Å². The van der Waals surface area contributed by atoms with Crippen LogP contribution < -0.4 is 5.32 Å². The van der Waals surface area contributed by atoms with E-state index in [0.29, 0.717) is 15.9 Å². The Morgan fingerprint density at radius 2 is 2.23 bits per heavy atom. The van der Waals surface area contributed by atoms with Crippen LogP contribution in [0, 0.1) is 11.3 Å². The van der Waals surface area contributed by atoms with Crippen LogP contribution in [0.4, 0.5) is 5.13 Å². The Labute approximate surface area is 134 Å². The quantitative estimate of drug-likeness (QED) is 0.339. The molecule has 22 heavy (non-hydrogen) atoms. The largest absolute Gasteiger partial charge is 0.504 e. The van der Waals surface area contributed by atoms with E-state index >= 15 is 0 Å². The SMILES string of the molecule is CSc1nsc(NC(=O)/C(C#N)=C\c2ccc(O)c(O)c2)n1. The van der Waals surface area contributed by atoms with Crippen molar-refractivity contribution in [3.63, 3.8) is 0 Å². The van der Waals surface area contributed by atoms with Gasteiger partial charge in [0.15, 0.2) is 11.5 Å². The van der Waals surface area contributed by atoms with Gasteiger partial charge in [-0.2, -0.15) is 14.6 Å². The number of phenols is 2. The zero-order chi connectivity index (χ0) is 16.1. The summed E-state index contributed by atoms with van der Waals surface area (Å²) < 4.78 is 3.99. The maximum Gasteiger partial charge on any atom is 0.268 e. The lowest BCUT2D eigenvalue weighted by atomic mass is 10.1. The average Bonchev–Trinajstić information content (AvgIpc) is 2.95. The summed E-state index contributed by atoms with van der Waals surface area (Å²) in [5.41, 5.74) is 0.245. The average molecular weight is 334 g/mol. The van der Waals surface area contributed by atoms with Gasteiger partial charge in [-0.25, -0.2) is 0 Å². The Morgan fingerprint density at radius 3 is 2.82 bits per heavy atom. The number of carbonyl (C=O) groups excluding carboxylic acids is 1. The van der Waals surface area contributed by atoms with Crippen LogP contribution in [0.25, 0.3) is 6.08 Å². The van der Waals surface area contributed by atoms with Gasteiger partial charge in [-0.1, -0.05) is 17.8 Å². The highest BCUT2D eigenvalue weighted by Crippen LogP contribution is 2.26. The summed E-state index contributed by atoms with van der Waals surface area (Å²) in [6, 6.07) is 5.76. The van der Waals surface area contributed by atoms with Gasteiger partial charge in [0.2, 0.25) is 10.3 Å².